The Bertz CT molecular complexity index is 399. The van der Waals surface area contributed by atoms with E-state index in [-0.39, 0.29) is 24.0 Å². The Morgan fingerprint density at radius 1 is 1.24 bits per heavy atom. The van der Waals surface area contributed by atoms with E-state index in [0.29, 0.717) is 6.54 Å². The lowest BCUT2D eigenvalue weighted by atomic mass is 9.76. The lowest BCUT2D eigenvalue weighted by molar-refractivity contribution is 0.0287. The number of halogens is 1. The first-order valence-electron chi connectivity index (χ1n) is 6.01. The summed E-state index contributed by atoms with van der Waals surface area (Å²) in [6.07, 6.45) is 1.67. The zero-order chi connectivity index (χ0) is 11.0. The number of hydrogen-bond acceptors (Lipinski definition) is 3. The molecule has 2 aliphatic heterocycles. The van der Waals surface area contributed by atoms with Gasteiger partial charge in [-0.05, 0) is 30.5 Å². The highest BCUT2D eigenvalue weighted by Gasteiger charge is 2.41. The average molecular weight is 255 g/mol. The van der Waals surface area contributed by atoms with E-state index in [0.717, 1.165) is 25.9 Å². The molecule has 2 heterocycles. The van der Waals surface area contributed by atoms with Crippen LogP contribution in [0.1, 0.15) is 17.5 Å². The second-order valence-electron chi connectivity index (χ2n) is 4.93. The molecule has 4 heteroatoms. The predicted octanol–water partition coefficient (Wildman–Crippen LogP) is 0.847. The van der Waals surface area contributed by atoms with Crippen LogP contribution in [-0.2, 0) is 13.0 Å². The van der Waals surface area contributed by atoms with Gasteiger partial charge < -0.3 is 15.7 Å². The first-order valence-corrected chi connectivity index (χ1v) is 6.01. The fourth-order valence-corrected chi connectivity index (χ4v) is 2.90. The zero-order valence-electron chi connectivity index (χ0n) is 9.78. The van der Waals surface area contributed by atoms with E-state index in [1.54, 1.807) is 0 Å². The smallest absolute Gasteiger partial charge is 0.0849 e. The number of aliphatic hydroxyl groups excluding tert-OH is 1. The van der Waals surface area contributed by atoms with Gasteiger partial charge in [-0.2, -0.15) is 0 Å². The van der Waals surface area contributed by atoms with E-state index >= 15 is 0 Å². The van der Waals surface area contributed by atoms with Gasteiger partial charge in [-0.15, -0.1) is 12.4 Å². The number of hydrogen-bond donors (Lipinski definition) is 3. The largest absolute Gasteiger partial charge is 0.390 e. The molecule has 0 saturated carbocycles. The molecule has 0 radical (unpaired) electrons. The SMILES string of the molecule is Cl.O[C@@H]1CNCC[C@]12Cc1ccccc1CN2. The summed E-state index contributed by atoms with van der Waals surface area (Å²) in [5, 5.41) is 17.0. The summed E-state index contributed by atoms with van der Waals surface area (Å²) in [7, 11) is 0. The lowest BCUT2D eigenvalue weighted by Gasteiger charge is -2.45. The highest BCUT2D eigenvalue weighted by Crippen LogP contribution is 2.29. The minimum absolute atomic E-state index is 0. The van der Waals surface area contributed by atoms with E-state index in [4.69, 9.17) is 0 Å². The van der Waals surface area contributed by atoms with Gasteiger partial charge in [0.2, 0.25) is 0 Å². The first kappa shape index (κ1) is 12.8. The van der Waals surface area contributed by atoms with Gasteiger partial charge in [-0.1, -0.05) is 24.3 Å². The molecule has 0 unspecified atom stereocenters. The zero-order valence-corrected chi connectivity index (χ0v) is 10.6. The summed E-state index contributed by atoms with van der Waals surface area (Å²) in [5.41, 5.74) is 2.67. The van der Waals surface area contributed by atoms with E-state index in [9.17, 15) is 5.11 Å². The third-order valence-corrected chi connectivity index (χ3v) is 3.98. The van der Waals surface area contributed by atoms with Crippen LogP contribution in [0.2, 0.25) is 0 Å². The molecule has 0 aromatic heterocycles. The van der Waals surface area contributed by atoms with Crippen molar-refractivity contribution in [3.8, 4) is 0 Å². The van der Waals surface area contributed by atoms with Crippen molar-refractivity contribution < 1.29 is 5.11 Å². The van der Waals surface area contributed by atoms with Gasteiger partial charge in [0.15, 0.2) is 0 Å². The number of nitrogens with one attached hydrogen (secondary N) is 2. The van der Waals surface area contributed by atoms with Crippen molar-refractivity contribution in [2.24, 2.45) is 0 Å². The van der Waals surface area contributed by atoms with Crippen LogP contribution in [0.4, 0.5) is 0 Å². The molecule has 1 spiro atoms. The topological polar surface area (TPSA) is 44.3 Å². The third-order valence-electron chi connectivity index (χ3n) is 3.98. The lowest BCUT2D eigenvalue weighted by Crippen LogP contribution is -2.64. The van der Waals surface area contributed by atoms with Gasteiger partial charge in [-0.3, -0.25) is 0 Å². The number of aliphatic hydroxyl groups is 1. The molecular formula is C13H19ClN2O. The highest BCUT2D eigenvalue weighted by atomic mass is 35.5. The van der Waals surface area contributed by atoms with Crippen LogP contribution in [0, 0.1) is 0 Å². The van der Waals surface area contributed by atoms with Crippen LogP contribution in [-0.4, -0.2) is 29.8 Å². The van der Waals surface area contributed by atoms with Crippen LogP contribution in [0.3, 0.4) is 0 Å². The minimum atomic E-state index is -0.283. The second-order valence-corrected chi connectivity index (χ2v) is 4.93. The van der Waals surface area contributed by atoms with Crippen LogP contribution in [0.15, 0.2) is 24.3 Å². The average Bonchev–Trinajstić information content (AvgIpc) is 2.33. The Kier molecular flexibility index (Phi) is 3.73. The van der Waals surface area contributed by atoms with Gasteiger partial charge in [0.25, 0.3) is 0 Å². The van der Waals surface area contributed by atoms with Gasteiger partial charge in [0.05, 0.1) is 11.6 Å². The van der Waals surface area contributed by atoms with Gasteiger partial charge in [0.1, 0.15) is 0 Å². The molecule has 1 aromatic rings. The van der Waals surface area contributed by atoms with Crippen LogP contribution < -0.4 is 10.6 Å². The van der Waals surface area contributed by atoms with Crippen molar-refractivity contribution in [3.05, 3.63) is 35.4 Å². The van der Waals surface area contributed by atoms with Crippen molar-refractivity contribution in [2.75, 3.05) is 13.1 Å². The molecular weight excluding hydrogens is 236 g/mol. The molecule has 2 aliphatic rings. The normalized spacial score (nSPS) is 31.7. The van der Waals surface area contributed by atoms with Crippen molar-refractivity contribution >= 4 is 12.4 Å². The Labute approximate surface area is 108 Å². The van der Waals surface area contributed by atoms with E-state index in [1.165, 1.54) is 11.1 Å². The maximum Gasteiger partial charge on any atom is 0.0849 e. The molecule has 1 fully saturated rings. The molecule has 0 aliphatic carbocycles. The monoisotopic (exact) mass is 254 g/mol. The Balaban J connectivity index is 0.00000108. The van der Waals surface area contributed by atoms with Crippen LogP contribution in [0.25, 0.3) is 0 Å². The van der Waals surface area contributed by atoms with E-state index in [1.807, 2.05) is 0 Å². The van der Waals surface area contributed by atoms with Gasteiger partial charge >= 0.3 is 0 Å². The molecule has 17 heavy (non-hydrogen) atoms. The van der Waals surface area contributed by atoms with Gasteiger partial charge in [0, 0.05) is 13.1 Å². The molecule has 2 atom stereocenters. The summed E-state index contributed by atoms with van der Waals surface area (Å²) >= 11 is 0. The summed E-state index contributed by atoms with van der Waals surface area (Å²) < 4.78 is 0. The number of piperidine rings is 1. The summed E-state index contributed by atoms with van der Waals surface area (Å²) in [6.45, 7) is 2.58. The maximum atomic E-state index is 10.2. The van der Waals surface area contributed by atoms with Gasteiger partial charge in [-0.25, -0.2) is 0 Å². The summed E-state index contributed by atoms with van der Waals surface area (Å²) in [5.74, 6) is 0. The van der Waals surface area contributed by atoms with Crippen LogP contribution in [0.5, 0.6) is 0 Å². The van der Waals surface area contributed by atoms with E-state index < -0.39 is 0 Å². The quantitative estimate of drug-likeness (QED) is 0.643. The molecule has 3 rings (SSSR count). The molecule has 3 N–H and O–H groups in total. The van der Waals surface area contributed by atoms with Crippen molar-refractivity contribution in [1.29, 1.82) is 0 Å². The Morgan fingerprint density at radius 2 is 2.00 bits per heavy atom. The fraction of sp³-hybridized carbons (Fsp3) is 0.538. The number of fused-ring (bicyclic) bond motifs is 1. The predicted molar refractivity (Wildman–Crippen MR) is 70.5 cm³/mol. The molecule has 3 nitrogen and oxygen atoms in total. The van der Waals surface area contributed by atoms with E-state index in [2.05, 4.69) is 34.9 Å². The maximum absolute atomic E-state index is 10.2. The fourth-order valence-electron chi connectivity index (χ4n) is 2.90. The molecule has 1 saturated heterocycles. The van der Waals surface area contributed by atoms with Crippen molar-refractivity contribution in [1.82, 2.24) is 10.6 Å². The standard InChI is InChI=1S/C13H18N2O.ClH/c16-12-9-14-6-5-13(12)7-10-3-1-2-4-11(10)8-15-13;/h1-4,12,14-16H,5-9H2;1H/t12-,13+;/m1./s1. The third kappa shape index (κ3) is 2.20. The number of rotatable bonds is 0. The molecule has 94 valence electrons. The first-order chi connectivity index (χ1) is 7.80. The Morgan fingerprint density at radius 3 is 2.76 bits per heavy atom. The second kappa shape index (κ2) is 4.94. The molecule has 0 bridgehead atoms. The molecule has 1 aromatic carbocycles. The number of benzene rings is 1. The van der Waals surface area contributed by atoms with Crippen LogP contribution >= 0.6 is 12.4 Å². The molecule has 0 amide bonds. The summed E-state index contributed by atoms with van der Waals surface area (Å²) in [4.78, 5) is 0. The summed E-state index contributed by atoms with van der Waals surface area (Å²) in [6, 6.07) is 8.53. The minimum Gasteiger partial charge on any atom is -0.390 e. The number of β-amino-alcohol motifs (C(OH)–C–C–N with tert-alkyl or cyclic N) is 1. The Hall–Kier alpha value is -0.610. The van der Waals surface area contributed by atoms with Crippen molar-refractivity contribution in [2.45, 2.75) is 31.0 Å². The highest BCUT2D eigenvalue weighted by molar-refractivity contribution is 5.85. The van der Waals surface area contributed by atoms with Crippen molar-refractivity contribution in [3.63, 3.8) is 0 Å².